The highest BCUT2D eigenvalue weighted by molar-refractivity contribution is 6.13. The van der Waals surface area contributed by atoms with Crippen molar-refractivity contribution in [3.63, 3.8) is 0 Å². The van der Waals surface area contributed by atoms with Crippen molar-refractivity contribution in [3.05, 3.63) is 48.0 Å². The Morgan fingerprint density at radius 2 is 1.78 bits per heavy atom. The van der Waals surface area contributed by atoms with Gasteiger partial charge in [0.15, 0.2) is 11.5 Å². The monoisotopic (exact) mass is 368 g/mol. The van der Waals surface area contributed by atoms with Crippen LogP contribution in [-0.4, -0.2) is 39.7 Å². The zero-order valence-electron chi connectivity index (χ0n) is 15.3. The molecule has 7 heteroatoms. The van der Waals surface area contributed by atoms with E-state index in [0.29, 0.717) is 34.2 Å². The molecule has 0 radical (unpaired) electrons. The van der Waals surface area contributed by atoms with Crippen LogP contribution in [0.2, 0.25) is 0 Å². The van der Waals surface area contributed by atoms with Gasteiger partial charge in [-0.15, -0.1) is 0 Å². The number of benzene rings is 2. The summed E-state index contributed by atoms with van der Waals surface area (Å²) in [4.78, 5) is 26.0. The number of para-hydroxylation sites is 2. The fraction of sp³-hybridized carbons (Fsp3) is 0.200. The van der Waals surface area contributed by atoms with E-state index in [4.69, 9.17) is 14.2 Å². The molecule has 0 fully saturated rings. The zero-order valence-corrected chi connectivity index (χ0v) is 15.3. The number of nitrogens with zero attached hydrogens (tertiary/aromatic N) is 1. The van der Waals surface area contributed by atoms with Crippen molar-refractivity contribution in [2.45, 2.75) is 0 Å². The van der Waals surface area contributed by atoms with Crippen LogP contribution < -0.4 is 24.4 Å². The van der Waals surface area contributed by atoms with Gasteiger partial charge < -0.3 is 19.5 Å². The Labute approximate surface area is 157 Å². The molecule has 2 aromatic rings. The van der Waals surface area contributed by atoms with Crippen LogP contribution in [0.15, 0.2) is 42.5 Å². The standard InChI is InChI=1S/C20H20N2O5/c1-25-16-10-8-13(19(26-2)20(16)27-3)9-11-18(24)22-12-17(23)21-14-6-4-5-7-15(14)22/h4-11H,12H2,1-3H3,(H,21,23). The summed E-state index contributed by atoms with van der Waals surface area (Å²) >= 11 is 0. The molecule has 0 atom stereocenters. The van der Waals surface area contributed by atoms with Crippen molar-refractivity contribution in [1.82, 2.24) is 0 Å². The third kappa shape index (κ3) is 3.57. The van der Waals surface area contributed by atoms with E-state index in [1.165, 1.54) is 32.3 Å². The highest BCUT2D eigenvalue weighted by Gasteiger charge is 2.25. The van der Waals surface area contributed by atoms with Crippen molar-refractivity contribution < 1.29 is 23.8 Å². The summed E-state index contributed by atoms with van der Waals surface area (Å²) in [6.07, 6.45) is 3.03. The average molecular weight is 368 g/mol. The number of amides is 2. The Morgan fingerprint density at radius 1 is 1.04 bits per heavy atom. The lowest BCUT2D eigenvalue weighted by Crippen LogP contribution is -2.41. The summed E-state index contributed by atoms with van der Waals surface area (Å²) in [5, 5.41) is 2.76. The van der Waals surface area contributed by atoms with Gasteiger partial charge in [0, 0.05) is 11.6 Å². The van der Waals surface area contributed by atoms with Crippen molar-refractivity contribution in [3.8, 4) is 17.2 Å². The van der Waals surface area contributed by atoms with Gasteiger partial charge in [0.05, 0.1) is 32.7 Å². The van der Waals surface area contributed by atoms with E-state index < -0.39 is 0 Å². The van der Waals surface area contributed by atoms with Gasteiger partial charge in [-0.05, 0) is 30.3 Å². The number of anilines is 2. The number of hydrogen-bond acceptors (Lipinski definition) is 5. The molecule has 1 aliphatic rings. The molecule has 1 N–H and O–H groups in total. The first-order valence-electron chi connectivity index (χ1n) is 8.26. The largest absolute Gasteiger partial charge is 0.493 e. The molecular formula is C20H20N2O5. The van der Waals surface area contributed by atoms with Gasteiger partial charge in [0.1, 0.15) is 6.54 Å². The lowest BCUT2D eigenvalue weighted by Gasteiger charge is -2.28. The minimum atomic E-state index is -0.311. The van der Waals surface area contributed by atoms with Gasteiger partial charge in [-0.1, -0.05) is 12.1 Å². The molecule has 2 aromatic carbocycles. The third-order valence-electron chi connectivity index (χ3n) is 4.18. The summed E-state index contributed by atoms with van der Waals surface area (Å²) < 4.78 is 16.0. The third-order valence-corrected chi connectivity index (χ3v) is 4.18. The summed E-state index contributed by atoms with van der Waals surface area (Å²) in [5.74, 6) is 0.878. The molecule has 0 unspecified atom stereocenters. The van der Waals surface area contributed by atoms with Crippen LogP contribution >= 0.6 is 0 Å². The van der Waals surface area contributed by atoms with E-state index in [-0.39, 0.29) is 18.4 Å². The maximum absolute atomic E-state index is 12.7. The molecule has 2 amide bonds. The topological polar surface area (TPSA) is 77.1 Å². The fourth-order valence-electron chi connectivity index (χ4n) is 2.94. The van der Waals surface area contributed by atoms with Crippen LogP contribution in [0.5, 0.6) is 17.2 Å². The summed E-state index contributed by atoms with van der Waals surface area (Å²) in [7, 11) is 4.57. The first-order valence-corrected chi connectivity index (χ1v) is 8.26. The molecule has 0 saturated carbocycles. The molecule has 0 saturated heterocycles. The molecule has 0 aliphatic carbocycles. The highest BCUT2D eigenvalue weighted by Crippen LogP contribution is 2.40. The lowest BCUT2D eigenvalue weighted by atomic mass is 10.1. The van der Waals surface area contributed by atoms with Crippen LogP contribution in [0.3, 0.4) is 0 Å². The Bertz CT molecular complexity index is 907. The SMILES string of the molecule is COc1ccc(C=CC(=O)N2CC(=O)Nc3ccccc32)c(OC)c1OC. The second kappa shape index (κ2) is 7.82. The number of nitrogens with one attached hydrogen (secondary N) is 1. The Balaban J connectivity index is 1.91. The van der Waals surface area contributed by atoms with E-state index in [1.54, 1.807) is 36.4 Å². The van der Waals surface area contributed by atoms with Crippen LogP contribution in [-0.2, 0) is 9.59 Å². The van der Waals surface area contributed by atoms with Crippen molar-refractivity contribution >= 4 is 29.3 Å². The van der Waals surface area contributed by atoms with Crippen molar-refractivity contribution in [2.75, 3.05) is 38.1 Å². The Morgan fingerprint density at radius 3 is 2.48 bits per heavy atom. The normalized spacial score (nSPS) is 13.1. The first-order chi connectivity index (χ1) is 13.1. The lowest BCUT2D eigenvalue weighted by molar-refractivity contribution is -0.119. The van der Waals surface area contributed by atoms with Gasteiger partial charge >= 0.3 is 0 Å². The van der Waals surface area contributed by atoms with Gasteiger partial charge in [0.2, 0.25) is 11.7 Å². The van der Waals surface area contributed by atoms with E-state index in [2.05, 4.69) is 5.32 Å². The average Bonchev–Trinajstić information content (AvgIpc) is 2.70. The van der Waals surface area contributed by atoms with Gasteiger partial charge in [-0.3, -0.25) is 14.5 Å². The number of hydrogen-bond donors (Lipinski definition) is 1. The van der Waals surface area contributed by atoms with Gasteiger partial charge in [-0.2, -0.15) is 0 Å². The molecule has 0 bridgehead atoms. The minimum Gasteiger partial charge on any atom is -0.493 e. The first kappa shape index (κ1) is 18.3. The van der Waals surface area contributed by atoms with Crippen LogP contribution in [0, 0.1) is 0 Å². The molecule has 1 aliphatic heterocycles. The number of carbonyl (C=O) groups is 2. The molecule has 140 valence electrons. The predicted molar refractivity (Wildman–Crippen MR) is 103 cm³/mol. The van der Waals surface area contributed by atoms with Crippen LogP contribution in [0.25, 0.3) is 6.08 Å². The molecule has 0 spiro atoms. The highest BCUT2D eigenvalue weighted by atomic mass is 16.5. The zero-order chi connectivity index (χ0) is 19.4. The molecule has 27 heavy (non-hydrogen) atoms. The van der Waals surface area contributed by atoms with Crippen molar-refractivity contribution in [1.29, 1.82) is 0 Å². The molecule has 1 heterocycles. The molecule has 0 aromatic heterocycles. The number of rotatable bonds is 5. The minimum absolute atomic E-state index is 0.0384. The molecule has 3 rings (SSSR count). The van der Waals surface area contributed by atoms with Gasteiger partial charge in [0.25, 0.3) is 5.91 Å². The molecule has 7 nitrogen and oxygen atoms in total. The van der Waals surface area contributed by atoms with Crippen LogP contribution in [0.1, 0.15) is 5.56 Å². The number of ether oxygens (including phenoxy) is 3. The van der Waals surface area contributed by atoms with Gasteiger partial charge in [-0.25, -0.2) is 0 Å². The second-order valence-electron chi connectivity index (χ2n) is 5.75. The number of methoxy groups -OCH3 is 3. The van der Waals surface area contributed by atoms with E-state index >= 15 is 0 Å². The second-order valence-corrected chi connectivity index (χ2v) is 5.75. The smallest absolute Gasteiger partial charge is 0.251 e. The number of carbonyl (C=O) groups excluding carboxylic acids is 2. The van der Waals surface area contributed by atoms with Crippen LogP contribution in [0.4, 0.5) is 11.4 Å². The fourth-order valence-corrected chi connectivity index (χ4v) is 2.94. The van der Waals surface area contributed by atoms with E-state index in [1.807, 2.05) is 6.07 Å². The summed E-state index contributed by atoms with van der Waals surface area (Å²) in [6, 6.07) is 10.7. The van der Waals surface area contributed by atoms with Crippen molar-refractivity contribution in [2.24, 2.45) is 0 Å². The Kier molecular flexibility index (Phi) is 5.30. The quantitative estimate of drug-likeness (QED) is 0.821. The van der Waals surface area contributed by atoms with E-state index in [9.17, 15) is 9.59 Å². The Hall–Kier alpha value is -3.48. The maximum Gasteiger partial charge on any atom is 0.251 e. The molecular weight excluding hydrogens is 348 g/mol. The van der Waals surface area contributed by atoms with E-state index in [0.717, 1.165) is 0 Å². The summed E-state index contributed by atoms with van der Waals surface area (Å²) in [6.45, 7) is -0.0384. The predicted octanol–water partition coefficient (Wildman–Crippen LogP) is 2.71. The summed E-state index contributed by atoms with van der Waals surface area (Å²) in [5.41, 5.74) is 1.92. The number of fused-ring (bicyclic) bond motifs is 1. The maximum atomic E-state index is 12.7.